The van der Waals surface area contributed by atoms with Gasteiger partial charge in [-0.05, 0) is 19.3 Å². The van der Waals surface area contributed by atoms with Crippen LogP contribution in [0.25, 0.3) is 0 Å². The molecule has 0 aliphatic rings. The molecule has 0 saturated heterocycles. The number of thioether (sulfide) groups is 1. The molecule has 82 valence electrons. The fourth-order valence-corrected chi connectivity index (χ4v) is 3.29. The van der Waals surface area contributed by atoms with Crippen LogP contribution in [0.4, 0.5) is 0 Å². The van der Waals surface area contributed by atoms with Gasteiger partial charge >= 0.3 is 0 Å². The first-order valence-electron chi connectivity index (χ1n) is 5.73. The summed E-state index contributed by atoms with van der Waals surface area (Å²) < 4.78 is -0.112. The third kappa shape index (κ3) is 4.37. The molecule has 0 rings (SSSR count). The van der Waals surface area contributed by atoms with Gasteiger partial charge in [0, 0.05) is 5.25 Å². The van der Waals surface area contributed by atoms with E-state index in [2.05, 4.69) is 33.8 Å². The van der Waals surface area contributed by atoms with Crippen LogP contribution in [0, 0.1) is 11.3 Å². The molecule has 0 radical (unpaired) electrons. The molecule has 0 aliphatic heterocycles. The van der Waals surface area contributed by atoms with Crippen molar-refractivity contribution >= 4 is 11.8 Å². The Morgan fingerprint density at radius 1 is 1.21 bits per heavy atom. The minimum Gasteiger partial charge on any atom is -0.197 e. The number of hydrogen-bond donors (Lipinski definition) is 0. The second-order valence-corrected chi connectivity index (χ2v) is 5.76. The zero-order valence-electron chi connectivity index (χ0n) is 9.97. The molecule has 0 N–H and O–H groups in total. The highest BCUT2D eigenvalue weighted by Gasteiger charge is 2.30. The van der Waals surface area contributed by atoms with E-state index in [0.717, 1.165) is 32.1 Å². The highest BCUT2D eigenvalue weighted by Crippen LogP contribution is 2.38. The van der Waals surface area contributed by atoms with E-state index in [1.165, 1.54) is 0 Å². The maximum Gasteiger partial charge on any atom is 0.103 e. The Kier molecular flexibility index (Phi) is 7.09. The van der Waals surface area contributed by atoms with E-state index in [4.69, 9.17) is 0 Å². The molecule has 0 aromatic carbocycles. The van der Waals surface area contributed by atoms with Crippen LogP contribution in [-0.4, -0.2) is 10.00 Å². The van der Waals surface area contributed by atoms with Crippen LogP contribution in [-0.2, 0) is 0 Å². The molecule has 0 fully saturated rings. The van der Waals surface area contributed by atoms with Gasteiger partial charge in [0.1, 0.15) is 4.75 Å². The summed E-state index contributed by atoms with van der Waals surface area (Å²) in [5, 5.41) is 9.92. The topological polar surface area (TPSA) is 23.8 Å². The molecular formula is C12H23NS. The van der Waals surface area contributed by atoms with Crippen LogP contribution in [0.15, 0.2) is 0 Å². The summed E-state index contributed by atoms with van der Waals surface area (Å²) in [7, 11) is 0. The lowest BCUT2D eigenvalue weighted by Gasteiger charge is -2.28. The van der Waals surface area contributed by atoms with Gasteiger partial charge < -0.3 is 0 Å². The van der Waals surface area contributed by atoms with Gasteiger partial charge in [-0.2, -0.15) is 5.26 Å². The molecule has 1 nitrogen and oxygen atoms in total. The molecule has 0 aromatic heterocycles. The largest absolute Gasteiger partial charge is 0.197 e. The molecule has 0 saturated carbocycles. The number of nitriles is 1. The van der Waals surface area contributed by atoms with Crippen LogP contribution in [0.2, 0.25) is 0 Å². The molecule has 14 heavy (non-hydrogen) atoms. The van der Waals surface area contributed by atoms with E-state index in [-0.39, 0.29) is 4.75 Å². The van der Waals surface area contributed by atoms with E-state index < -0.39 is 0 Å². The van der Waals surface area contributed by atoms with Gasteiger partial charge in [0.25, 0.3) is 0 Å². The Morgan fingerprint density at radius 3 is 2.00 bits per heavy atom. The lowest BCUT2D eigenvalue weighted by atomic mass is 9.99. The summed E-state index contributed by atoms with van der Waals surface area (Å²) >= 11 is 1.88. The third-order valence-electron chi connectivity index (χ3n) is 2.51. The third-order valence-corrected chi connectivity index (χ3v) is 4.20. The monoisotopic (exact) mass is 213 g/mol. The summed E-state index contributed by atoms with van der Waals surface area (Å²) in [5.74, 6) is 0. The molecule has 0 amide bonds. The van der Waals surface area contributed by atoms with Crippen LogP contribution in [0.3, 0.4) is 0 Å². The molecule has 1 unspecified atom stereocenters. The van der Waals surface area contributed by atoms with Crippen molar-refractivity contribution in [3.63, 3.8) is 0 Å². The van der Waals surface area contributed by atoms with Gasteiger partial charge in [0.15, 0.2) is 0 Å². The second kappa shape index (κ2) is 7.17. The van der Waals surface area contributed by atoms with Crippen molar-refractivity contribution in [1.82, 2.24) is 0 Å². The number of nitrogens with zero attached hydrogens (tertiary/aromatic N) is 1. The predicted molar refractivity (Wildman–Crippen MR) is 65.5 cm³/mol. The van der Waals surface area contributed by atoms with Gasteiger partial charge in [-0.3, -0.25) is 0 Å². The van der Waals surface area contributed by atoms with E-state index in [1.807, 2.05) is 11.8 Å². The molecule has 1 atom stereocenters. The maximum absolute atomic E-state index is 9.31. The standard InChI is InChI=1S/C12H23NS/c1-5-8-12(10-13,9-6-2)14-11(4)7-3/h11H,5-9H2,1-4H3. The predicted octanol–water partition coefficient (Wildman–Crippen LogP) is 4.38. The molecule has 0 bridgehead atoms. The van der Waals surface area contributed by atoms with Gasteiger partial charge in [-0.1, -0.05) is 40.5 Å². The fraction of sp³-hybridized carbons (Fsp3) is 0.917. The fourth-order valence-electron chi connectivity index (χ4n) is 1.66. The smallest absolute Gasteiger partial charge is 0.103 e. The zero-order valence-corrected chi connectivity index (χ0v) is 10.8. The Labute approximate surface area is 93.3 Å². The highest BCUT2D eigenvalue weighted by molar-refractivity contribution is 8.01. The van der Waals surface area contributed by atoms with E-state index >= 15 is 0 Å². The number of rotatable bonds is 7. The minimum atomic E-state index is -0.112. The lowest BCUT2D eigenvalue weighted by Crippen LogP contribution is -2.24. The molecule has 2 heteroatoms. The summed E-state index contributed by atoms with van der Waals surface area (Å²) in [6, 6.07) is 2.55. The Balaban J connectivity index is 4.42. The average Bonchev–Trinajstić information content (AvgIpc) is 2.18. The second-order valence-electron chi connectivity index (χ2n) is 3.94. The molecule has 0 aromatic rings. The van der Waals surface area contributed by atoms with Crippen molar-refractivity contribution in [2.45, 2.75) is 69.8 Å². The lowest BCUT2D eigenvalue weighted by molar-refractivity contribution is 0.581. The summed E-state index contributed by atoms with van der Waals surface area (Å²) in [5.41, 5.74) is 0. The van der Waals surface area contributed by atoms with Gasteiger partial charge in [-0.25, -0.2) is 0 Å². The maximum atomic E-state index is 9.31. The van der Waals surface area contributed by atoms with E-state index in [9.17, 15) is 5.26 Å². The van der Waals surface area contributed by atoms with E-state index in [0.29, 0.717) is 5.25 Å². The summed E-state index contributed by atoms with van der Waals surface area (Å²) in [6.45, 7) is 8.75. The van der Waals surface area contributed by atoms with Crippen molar-refractivity contribution in [3.8, 4) is 6.07 Å². The van der Waals surface area contributed by atoms with Crippen molar-refractivity contribution in [1.29, 1.82) is 5.26 Å². The zero-order chi connectivity index (χ0) is 11.0. The first kappa shape index (κ1) is 13.8. The Morgan fingerprint density at radius 2 is 1.71 bits per heavy atom. The summed E-state index contributed by atoms with van der Waals surface area (Å²) in [6.07, 6.45) is 5.44. The first-order valence-corrected chi connectivity index (χ1v) is 6.61. The van der Waals surface area contributed by atoms with Crippen molar-refractivity contribution < 1.29 is 0 Å². The quantitative estimate of drug-likeness (QED) is 0.626. The van der Waals surface area contributed by atoms with Gasteiger partial charge in [-0.15, -0.1) is 11.8 Å². The van der Waals surface area contributed by atoms with Gasteiger partial charge in [0.2, 0.25) is 0 Å². The molecular weight excluding hydrogens is 190 g/mol. The number of hydrogen-bond acceptors (Lipinski definition) is 2. The van der Waals surface area contributed by atoms with Crippen molar-refractivity contribution in [2.24, 2.45) is 0 Å². The van der Waals surface area contributed by atoms with Crippen molar-refractivity contribution in [3.05, 3.63) is 0 Å². The van der Waals surface area contributed by atoms with E-state index in [1.54, 1.807) is 0 Å². The average molecular weight is 213 g/mol. The summed E-state index contributed by atoms with van der Waals surface area (Å²) in [4.78, 5) is 0. The van der Waals surface area contributed by atoms with Crippen LogP contribution in [0.1, 0.15) is 59.8 Å². The Hall–Kier alpha value is -0.160. The SMILES string of the molecule is CCCC(C#N)(CCC)SC(C)CC. The highest BCUT2D eigenvalue weighted by atomic mass is 32.2. The normalized spacial score (nSPS) is 13.6. The molecule has 0 heterocycles. The minimum absolute atomic E-state index is 0.112. The van der Waals surface area contributed by atoms with Crippen LogP contribution in [0.5, 0.6) is 0 Å². The first-order chi connectivity index (χ1) is 6.64. The van der Waals surface area contributed by atoms with Crippen LogP contribution < -0.4 is 0 Å². The Bertz CT molecular complexity index is 177. The van der Waals surface area contributed by atoms with Crippen LogP contribution >= 0.6 is 11.8 Å². The molecule has 0 aliphatic carbocycles. The molecule has 0 spiro atoms. The van der Waals surface area contributed by atoms with Crippen molar-refractivity contribution in [2.75, 3.05) is 0 Å². The van der Waals surface area contributed by atoms with Gasteiger partial charge in [0.05, 0.1) is 6.07 Å².